The van der Waals surface area contributed by atoms with Crippen molar-refractivity contribution in [2.75, 3.05) is 18.4 Å². The summed E-state index contributed by atoms with van der Waals surface area (Å²) < 4.78 is 0. The fraction of sp³-hybridized carbons (Fsp3) is 0.385. The standard InChI is InChI=1S/C26H29N5O3/c32-21-11-9-19(10-12-21)29-26-27-15-18-7-4-8-22(23(18)30-26)24(33)28-20-13-14-31(16-20)25(34)17-5-2-1-3-6-17/h1-8,15,19-21,32H,9-14,16H2,(H,28,33)(H,27,29,30). The largest absolute Gasteiger partial charge is 0.393 e. The van der Waals surface area contributed by atoms with Gasteiger partial charge in [0.05, 0.1) is 17.2 Å². The van der Waals surface area contributed by atoms with Gasteiger partial charge in [-0.3, -0.25) is 9.59 Å². The van der Waals surface area contributed by atoms with Gasteiger partial charge in [0.25, 0.3) is 11.8 Å². The molecule has 1 aliphatic carbocycles. The third kappa shape index (κ3) is 4.87. The van der Waals surface area contributed by atoms with Gasteiger partial charge in [-0.25, -0.2) is 9.97 Å². The number of aliphatic hydroxyl groups is 1. The molecule has 2 aromatic carbocycles. The summed E-state index contributed by atoms with van der Waals surface area (Å²) >= 11 is 0. The van der Waals surface area contributed by atoms with Crippen molar-refractivity contribution < 1.29 is 14.7 Å². The van der Waals surface area contributed by atoms with Crippen molar-refractivity contribution in [1.29, 1.82) is 0 Å². The number of anilines is 1. The number of carbonyl (C=O) groups excluding carboxylic acids is 2. The number of likely N-dealkylation sites (tertiary alicyclic amines) is 1. The van der Waals surface area contributed by atoms with Crippen LogP contribution >= 0.6 is 0 Å². The maximum Gasteiger partial charge on any atom is 0.253 e. The molecule has 2 heterocycles. The van der Waals surface area contributed by atoms with E-state index in [9.17, 15) is 14.7 Å². The highest BCUT2D eigenvalue weighted by molar-refractivity contribution is 6.05. The van der Waals surface area contributed by atoms with Crippen molar-refractivity contribution in [3.8, 4) is 0 Å². The van der Waals surface area contributed by atoms with Crippen molar-refractivity contribution in [1.82, 2.24) is 20.2 Å². The van der Waals surface area contributed by atoms with Crippen molar-refractivity contribution in [3.63, 3.8) is 0 Å². The van der Waals surface area contributed by atoms with Crippen molar-refractivity contribution in [3.05, 3.63) is 65.9 Å². The molecule has 176 valence electrons. The Morgan fingerprint density at radius 2 is 1.74 bits per heavy atom. The molecule has 1 saturated heterocycles. The van der Waals surface area contributed by atoms with Crippen LogP contribution in [0.3, 0.4) is 0 Å². The molecule has 2 fully saturated rings. The van der Waals surface area contributed by atoms with Gasteiger partial charge in [-0.2, -0.15) is 0 Å². The van der Waals surface area contributed by atoms with Gasteiger partial charge >= 0.3 is 0 Å². The molecule has 5 rings (SSSR count). The molecule has 3 N–H and O–H groups in total. The van der Waals surface area contributed by atoms with E-state index < -0.39 is 0 Å². The second-order valence-electron chi connectivity index (χ2n) is 9.16. The van der Waals surface area contributed by atoms with Crippen LogP contribution in [0.25, 0.3) is 10.9 Å². The zero-order valence-electron chi connectivity index (χ0n) is 19.0. The van der Waals surface area contributed by atoms with Crippen LogP contribution in [0.1, 0.15) is 52.8 Å². The van der Waals surface area contributed by atoms with Crippen LogP contribution in [0.15, 0.2) is 54.7 Å². The van der Waals surface area contributed by atoms with Crippen molar-refractivity contribution in [2.24, 2.45) is 0 Å². The Hall–Kier alpha value is -3.52. The van der Waals surface area contributed by atoms with Crippen molar-refractivity contribution >= 4 is 28.7 Å². The summed E-state index contributed by atoms with van der Waals surface area (Å²) in [6, 6.07) is 14.8. The van der Waals surface area contributed by atoms with E-state index in [4.69, 9.17) is 0 Å². The first-order chi connectivity index (χ1) is 16.6. The number of carbonyl (C=O) groups is 2. The zero-order chi connectivity index (χ0) is 23.5. The smallest absolute Gasteiger partial charge is 0.253 e. The first-order valence-electron chi connectivity index (χ1n) is 11.9. The number of fused-ring (bicyclic) bond motifs is 1. The molecule has 34 heavy (non-hydrogen) atoms. The maximum atomic E-state index is 13.2. The monoisotopic (exact) mass is 459 g/mol. The summed E-state index contributed by atoms with van der Waals surface area (Å²) in [6.45, 7) is 1.10. The number of amides is 2. The minimum Gasteiger partial charge on any atom is -0.393 e. The number of nitrogens with zero attached hydrogens (tertiary/aromatic N) is 3. The molecule has 1 unspecified atom stereocenters. The van der Waals surface area contributed by atoms with E-state index in [-0.39, 0.29) is 30.0 Å². The second kappa shape index (κ2) is 9.77. The molecule has 1 aliphatic heterocycles. The van der Waals surface area contributed by atoms with Gasteiger partial charge in [0, 0.05) is 42.3 Å². The van der Waals surface area contributed by atoms with Crippen molar-refractivity contribution in [2.45, 2.75) is 50.3 Å². The first kappa shape index (κ1) is 22.3. The first-order valence-corrected chi connectivity index (χ1v) is 11.9. The molecule has 1 aromatic heterocycles. The average molecular weight is 460 g/mol. The van der Waals surface area contributed by atoms with E-state index in [0.717, 1.165) is 31.1 Å². The topological polar surface area (TPSA) is 107 Å². The second-order valence-corrected chi connectivity index (χ2v) is 9.16. The predicted molar refractivity (Wildman–Crippen MR) is 130 cm³/mol. The van der Waals surface area contributed by atoms with Crippen LogP contribution in [0, 0.1) is 0 Å². The summed E-state index contributed by atoms with van der Waals surface area (Å²) in [4.78, 5) is 36.8. The number of hydrogen-bond acceptors (Lipinski definition) is 6. The highest BCUT2D eigenvalue weighted by atomic mass is 16.3. The van der Waals surface area contributed by atoms with Crippen LogP contribution in [0.4, 0.5) is 5.95 Å². The lowest BCUT2D eigenvalue weighted by atomic mass is 9.93. The minimum atomic E-state index is -0.222. The summed E-state index contributed by atoms with van der Waals surface area (Å²) in [5.41, 5.74) is 1.76. The highest BCUT2D eigenvalue weighted by Crippen LogP contribution is 2.23. The fourth-order valence-electron chi connectivity index (χ4n) is 4.80. The van der Waals surface area contributed by atoms with E-state index in [1.165, 1.54) is 0 Å². The van der Waals surface area contributed by atoms with E-state index in [2.05, 4.69) is 20.6 Å². The van der Waals surface area contributed by atoms with Crippen LogP contribution in [-0.4, -0.2) is 63.1 Å². The zero-order valence-corrected chi connectivity index (χ0v) is 19.0. The van der Waals surface area contributed by atoms with E-state index in [0.29, 0.717) is 42.1 Å². The Labute approximate surface area is 198 Å². The highest BCUT2D eigenvalue weighted by Gasteiger charge is 2.28. The molecule has 3 aromatic rings. The number of aromatic nitrogens is 2. The number of hydrogen-bond donors (Lipinski definition) is 3. The predicted octanol–water partition coefficient (Wildman–Crippen LogP) is 2.99. The lowest BCUT2D eigenvalue weighted by Gasteiger charge is -2.26. The van der Waals surface area contributed by atoms with Gasteiger partial charge in [-0.05, 0) is 50.3 Å². The van der Waals surface area contributed by atoms with E-state index >= 15 is 0 Å². The summed E-state index contributed by atoms with van der Waals surface area (Å²) in [5, 5.41) is 17.0. The van der Waals surface area contributed by atoms with Crippen LogP contribution < -0.4 is 10.6 Å². The number of nitrogens with one attached hydrogen (secondary N) is 2. The van der Waals surface area contributed by atoms with Gasteiger partial charge in [-0.15, -0.1) is 0 Å². The Balaban J connectivity index is 1.27. The molecule has 0 spiro atoms. The third-order valence-electron chi connectivity index (χ3n) is 6.72. The number of aliphatic hydroxyl groups excluding tert-OH is 1. The Kier molecular flexibility index (Phi) is 6.40. The normalized spacial score (nSPS) is 22.5. The summed E-state index contributed by atoms with van der Waals surface area (Å²) in [5.74, 6) is 0.283. The number of benzene rings is 2. The number of rotatable bonds is 5. The molecule has 8 nitrogen and oxygen atoms in total. The molecule has 1 saturated carbocycles. The van der Waals surface area contributed by atoms with Gasteiger partial charge in [-0.1, -0.05) is 30.3 Å². The Morgan fingerprint density at radius 3 is 2.53 bits per heavy atom. The molecular formula is C26H29N5O3. The molecular weight excluding hydrogens is 430 g/mol. The molecule has 1 atom stereocenters. The summed E-state index contributed by atoms with van der Waals surface area (Å²) in [7, 11) is 0. The molecule has 8 heteroatoms. The maximum absolute atomic E-state index is 13.2. The SMILES string of the molecule is O=C(NC1CCN(C(=O)c2ccccc2)C1)c1cccc2cnc(NC3CCC(O)CC3)nc12. The number of para-hydroxylation sites is 1. The third-order valence-corrected chi connectivity index (χ3v) is 6.72. The quantitative estimate of drug-likeness (QED) is 0.542. The van der Waals surface area contributed by atoms with Gasteiger partial charge in [0.15, 0.2) is 0 Å². The van der Waals surface area contributed by atoms with E-state index in [1.807, 2.05) is 42.5 Å². The lowest BCUT2D eigenvalue weighted by Crippen LogP contribution is -2.38. The molecule has 2 amide bonds. The Morgan fingerprint density at radius 1 is 0.941 bits per heavy atom. The van der Waals surface area contributed by atoms with Crippen LogP contribution in [-0.2, 0) is 0 Å². The van der Waals surface area contributed by atoms with Gasteiger partial charge in [0.1, 0.15) is 0 Å². The van der Waals surface area contributed by atoms with E-state index in [1.54, 1.807) is 17.2 Å². The molecule has 0 bridgehead atoms. The molecule has 2 aliphatic rings. The Bertz CT molecular complexity index is 1180. The molecule has 0 radical (unpaired) electrons. The minimum absolute atomic E-state index is 0.0128. The summed E-state index contributed by atoms with van der Waals surface area (Å²) in [6.07, 6.45) is 5.49. The fourth-order valence-corrected chi connectivity index (χ4v) is 4.80. The lowest BCUT2D eigenvalue weighted by molar-refractivity contribution is 0.0783. The van der Waals surface area contributed by atoms with Gasteiger partial charge < -0.3 is 20.6 Å². The van der Waals surface area contributed by atoms with Gasteiger partial charge in [0.2, 0.25) is 5.95 Å². The van der Waals surface area contributed by atoms with Crippen LogP contribution in [0.2, 0.25) is 0 Å². The van der Waals surface area contributed by atoms with Crippen LogP contribution in [0.5, 0.6) is 0 Å². The average Bonchev–Trinajstić information content (AvgIpc) is 3.33.